The van der Waals surface area contributed by atoms with Crippen LogP contribution in [0.1, 0.15) is 28.8 Å². The van der Waals surface area contributed by atoms with Gasteiger partial charge in [-0.05, 0) is 30.5 Å². The zero-order chi connectivity index (χ0) is 23.4. The quantitative estimate of drug-likeness (QED) is 0.654. The Morgan fingerprint density at radius 3 is 2.42 bits per heavy atom. The minimum absolute atomic E-state index is 0.0630. The number of sulfone groups is 1. The Morgan fingerprint density at radius 2 is 1.73 bits per heavy atom. The van der Waals surface area contributed by atoms with E-state index < -0.39 is 39.5 Å². The van der Waals surface area contributed by atoms with E-state index in [1.807, 2.05) is 0 Å². The molecule has 0 bridgehead atoms. The fraction of sp³-hybridized carbons (Fsp3) is 0.375. The topological polar surface area (TPSA) is 110 Å². The summed E-state index contributed by atoms with van der Waals surface area (Å²) in [5.41, 5.74) is 0.906. The number of likely N-dealkylation sites (tertiary alicyclic amines) is 1. The zero-order valence-corrected chi connectivity index (χ0v) is 18.9. The summed E-state index contributed by atoms with van der Waals surface area (Å²) in [7, 11) is -3.76. The van der Waals surface area contributed by atoms with Crippen molar-refractivity contribution >= 4 is 27.4 Å². The minimum atomic E-state index is -3.76. The third-order valence-electron chi connectivity index (χ3n) is 5.92. The number of hydrogen-bond acceptors (Lipinski definition) is 6. The molecule has 0 aliphatic carbocycles. The van der Waals surface area contributed by atoms with Gasteiger partial charge in [0, 0.05) is 12.1 Å². The standard InChI is InChI=1S/C24H26N2O6S/c27-20-14-32-21-12-7-13-26(22(20)21)24(29)19(25-23(28)18-10-5-2-6-11-18)16-33(30,31)15-17-8-3-1-4-9-17/h1-6,8-11,19,21-22H,7,12-16H2,(H,25,28). The third-order valence-corrected chi connectivity index (χ3v) is 7.53. The first-order valence-electron chi connectivity index (χ1n) is 10.9. The average molecular weight is 471 g/mol. The van der Waals surface area contributed by atoms with Crippen molar-refractivity contribution in [3.63, 3.8) is 0 Å². The minimum Gasteiger partial charge on any atom is -0.368 e. The monoisotopic (exact) mass is 470 g/mol. The predicted octanol–water partition coefficient (Wildman–Crippen LogP) is 1.36. The van der Waals surface area contributed by atoms with E-state index in [0.717, 1.165) is 0 Å². The van der Waals surface area contributed by atoms with E-state index in [2.05, 4.69) is 5.32 Å². The second-order valence-electron chi connectivity index (χ2n) is 8.37. The van der Waals surface area contributed by atoms with Gasteiger partial charge >= 0.3 is 0 Å². The molecule has 0 spiro atoms. The fourth-order valence-corrected chi connectivity index (χ4v) is 5.94. The molecule has 3 unspecified atom stereocenters. The largest absolute Gasteiger partial charge is 0.368 e. The molecule has 2 heterocycles. The summed E-state index contributed by atoms with van der Waals surface area (Å²) in [6, 6.07) is 14.9. The average Bonchev–Trinajstić information content (AvgIpc) is 3.20. The first-order valence-corrected chi connectivity index (χ1v) is 12.7. The summed E-state index contributed by atoms with van der Waals surface area (Å²) in [6.45, 7) is 0.248. The van der Waals surface area contributed by atoms with Crippen molar-refractivity contribution in [3.8, 4) is 0 Å². The molecular weight excluding hydrogens is 444 g/mol. The lowest BCUT2D eigenvalue weighted by atomic mass is 9.97. The van der Waals surface area contributed by atoms with Crippen molar-refractivity contribution in [3.05, 3.63) is 71.8 Å². The van der Waals surface area contributed by atoms with Crippen LogP contribution < -0.4 is 5.32 Å². The molecule has 2 aliphatic heterocycles. The van der Waals surface area contributed by atoms with Gasteiger partial charge in [0.05, 0.1) is 17.6 Å². The van der Waals surface area contributed by atoms with Crippen LogP contribution in [0.25, 0.3) is 0 Å². The van der Waals surface area contributed by atoms with E-state index in [1.54, 1.807) is 60.7 Å². The van der Waals surface area contributed by atoms with E-state index in [1.165, 1.54) is 4.90 Å². The molecule has 8 nitrogen and oxygen atoms in total. The molecule has 2 aromatic rings. The van der Waals surface area contributed by atoms with Crippen LogP contribution in [0.5, 0.6) is 0 Å². The predicted molar refractivity (Wildman–Crippen MR) is 121 cm³/mol. The maximum Gasteiger partial charge on any atom is 0.251 e. The van der Waals surface area contributed by atoms with E-state index in [4.69, 9.17) is 4.74 Å². The van der Waals surface area contributed by atoms with Gasteiger partial charge in [0.2, 0.25) is 5.91 Å². The SMILES string of the molecule is O=C(NC(CS(=O)(=O)Cc1ccccc1)C(=O)N1CCCC2OCC(=O)C21)c1ccccc1. The van der Waals surface area contributed by atoms with Crippen LogP contribution in [0.15, 0.2) is 60.7 Å². The number of nitrogens with one attached hydrogen (secondary N) is 1. The molecule has 0 aromatic heterocycles. The second-order valence-corrected chi connectivity index (χ2v) is 10.5. The van der Waals surface area contributed by atoms with Crippen molar-refractivity contribution in [1.82, 2.24) is 10.2 Å². The highest BCUT2D eigenvalue weighted by molar-refractivity contribution is 7.90. The van der Waals surface area contributed by atoms with Gasteiger partial charge in [-0.2, -0.15) is 0 Å². The van der Waals surface area contributed by atoms with Crippen LogP contribution in [0, 0.1) is 0 Å². The molecule has 3 atom stereocenters. The highest BCUT2D eigenvalue weighted by Gasteiger charge is 2.46. The number of amides is 2. The van der Waals surface area contributed by atoms with E-state index in [0.29, 0.717) is 30.5 Å². The molecule has 2 saturated heterocycles. The molecule has 2 amide bonds. The number of ether oxygens (including phenoxy) is 1. The van der Waals surface area contributed by atoms with Gasteiger partial charge < -0.3 is 15.0 Å². The number of carbonyl (C=O) groups excluding carboxylic acids is 3. The molecule has 1 N–H and O–H groups in total. The van der Waals surface area contributed by atoms with Gasteiger partial charge in [-0.1, -0.05) is 48.5 Å². The number of nitrogens with zero attached hydrogens (tertiary/aromatic N) is 1. The van der Waals surface area contributed by atoms with Crippen LogP contribution in [-0.2, 0) is 29.9 Å². The van der Waals surface area contributed by atoms with Crippen LogP contribution in [0.2, 0.25) is 0 Å². The van der Waals surface area contributed by atoms with Crippen molar-refractivity contribution in [2.24, 2.45) is 0 Å². The Morgan fingerprint density at radius 1 is 1.06 bits per heavy atom. The maximum atomic E-state index is 13.5. The molecule has 2 aliphatic rings. The summed E-state index contributed by atoms with van der Waals surface area (Å²) < 4.78 is 31.5. The molecule has 2 aromatic carbocycles. The lowest BCUT2D eigenvalue weighted by molar-refractivity contribution is -0.142. The Balaban J connectivity index is 1.58. The number of hydrogen-bond donors (Lipinski definition) is 1. The van der Waals surface area contributed by atoms with Gasteiger partial charge in [0.1, 0.15) is 18.7 Å². The third kappa shape index (κ3) is 5.48. The van der Waals surface area contributed by atoms with Crippen molar-refractivity contribution in [2.75, 3.05) is 18.9 Å². The Kier molecular flexibility index (Phi) is 6.90. The lowest BCUT2D eigenvalue weighted by Gasteiger charge is -2.37. The van der Waals surface area contributed by atoms with E-state index in [-0.39, 0.29) is 24.2 Å². The highest BCUT2D eigenvalue weighted by Crippen LogP contribution is 2.27. The first-order chi connectivity index (χ1) is 15.8. The second kappa shape index (κ2) is 9.84. The Bertz CT molecular complexity index is 1120. The normalized spacial score (nSPS) is 21.3. The molecule has 0 saturated carbocycles. The van der Waals surface area contributed by atoms with Crippen molar-refractivity contribution in [2.45, 2.75) is 36.8 Å². The summed E-state index contributed by atoms with van der Waals surface area (Å²) >= 11 is 0. The summed E-state index contributed by atoms with van der Waals surface area (Å²) in [4.78, 5) is 40.1. The molecule has 4 rings (SSSR count). The number of ketones is 1. The number of piperidine rings is 1. The van der Waals surface area contributed by atoms with Gasteiger partial charge in [0.15, 0.2) is 15.6 Å². The van der Waals surface area contributed by atoms with Crippen molar-refractivity contribution < 1.29 is 27.5 Å². The summed E-state index contributed by atoms with van der Waals surface area (Å²) in [5, 5.41) is 2.61. The number of fused-ring (bicyclic) bond motifs is 1. The lowest BCUT2D eigenvalue weighted by Crippen LogP contribution is -2.59. The summed E-state index contributed by atoms with van der Waals surface area (Å²) in [6.07, 6.45) is 0.908. The van der Waals surface area contributed by atoms with Crippen LogP contribution in [0.4, 0.5) is 0 Å². The molecule has 174 valence electrons. The van der Waals surface area contributed by atoms with Crippen LogP contribution in [-0.4, -0.2) is 68.0 Å². The Hall–Kier alpha value is -3.04. The highest BCUT2D eigenvalue weighted by atomic mass is 32.2. The Labute approximate surface area is 192 Å². The number of rotatable bonds is 7. The van der Waals surface area contributed by atoms with Gasteiger partial charge in [-0.15, -0.1) is 0 Å². The zero-order valence-electron chi connectivity index (χ0n) is 18.1. The number of carbonyl (C=O) groups is 3. The smallest absolute Gasteiger partial charge is 0.251 e. The van der Waals surface area contributed by atoms with Crippen molar-refractivity contribution in [1.29, 1.82) is 0 Å². The van der Waals surface area contributed by atoms with Crippen LogP contribution >= 0.6 is 0 Å². The van der Waals surface area contributed by atoms with E-state index in [9.17, 15) is 22.8 Å². The van der Waals surface area contributed by atoms with Gasteiger partial charge in [-0.25, -0.2) is 8.42 Å². The summed E-state index contributed by atoms with van der Waals surface area (Å²) in [5.74, 6) is -2.15. The van der Waals surface area contributed by atoms with Gasteiger partial charge in [0.25, 0.3) is 5.91 Å². The number of benzene rings is 2. The molecule has 2 fully saturated rings. The number of Topliss-reactive ketones (excluding diaryl/α,β-unsaturated/α-hetero) is 1. The van der Waals surface area contributed by atoms with Crippen LogP contribution in [0.3, 0.4) is 0 Å². The fourth-order valence-electron chi connectivity index (χ4n) is 4.38. The van der Waals surface area contributed by atoms with E-state index >= 15 is 0 Å². The first kappa shape index (κ1) is 23.1. The molecular formula is C24H26N2O6S. The molecule has 33 heavy (non-hydrogen) atoms. The molecule has 9 heteroatoms. The van der Waals surface area contributed by atoms with Gasteiger partial charge in [-0.3, -0.25) is 14.4 Å². The maximum absolute atomic E-state index is 13.5. The molecule has 0 radical (unpaired) electrons.